The van der Waals surface area contributed by atoms with Crippen LogP contribution in [0.4, 0.5) is 5.69 Å². The first kappa shape index (κ1) is 18.6. The molecule has 4 rings (SSSR count). The quantitative estimate of drug-likeness (QED) is 0.754. The van der Waals surface area contributed by atoms with E-state index in [0.717, 1.165) is 5.69 Å². The van der Waals surface area contributed by atoms with Gasteiger partial charge in [-0.05, 0) is 12.1 Å². The van der Waals surface area contributed by atoms with E-state index in [1.165, 1.54) is 11.8 Å². The number of nitrogens with zero attached hydrogens (tertiary/aromatic N) is 2. The van der Waals surface area contributed by atoms with E-state index >= 15 is 0 Å². The average molecular weight is 411 g/mol. The fourth-order valence-corrected chi connectivity index (χ4v) is 6.44. The van der Waals surface area contributed by atoms with Gasteiger partial charge in [0.1, 0.15) is 5.78 Å². The zero-order valence-corrected chi connectivity index (χ0v) is 17.1. The number of amidine groups is 1. The second kappa shape index (κ2) is 6.41. The van der Waals surface area contributed by atoms with Crippen LogP contribution >= 0.6 is 11.8 Å². The van der Waals surface area contributed by atoms with E-state index in [2.05, 4.69) is 4.99 Å². The first-order valence-corrected chi connectivity index (χ1v) is 11.6. The summed E-state index contributed by atoms with van der Waals surface area (Å²) in [6.45, 7) is 5.85. The van der Waals surface area contributed by atoms with Crippen LogP contribution in [-0.2, 0) is 14.6 Å². The standard InChI is InChI=1S/C18H22N2O5S2/c1-18(2,3)16(21)7-26-17-19-12-8-27(22,23)9-13(12)20(17)11-4-5-14-15(6-11)25-10-24-14/h4-6,12-13H,7-10H2,1-3H3/t12-,13-/m0/s1. The lowest BCUT2D eigenvalue weighted by atomic mass is 9.92. The molecule has 146 valence electrons. The Morgan fingerprint density at radius 2 is 2.00 bits per heavy atom. The van der Waals surface area contributed by atoms with E-state index in [-0.39, 0.29) is 36.2 Å². The number of anilines is 1. The van der Waals surface area contributed by atoms with Gasteiger partial charge in [0.25, 0.3) is 0 Å². The van der Waals surface area contributed by atoms with Crippen LogP contribution in [0.3, 0.4) is 0 Å². The SMILES string of the molecule is CC(C)(C)C(=O)CSC1=N[C@H]2CS(=O)(=O)C[C@@H]2N1c1ccc2c(c1)OCO2. The lowest BCUT2D eigenvalue weighted by Crippen LogP contribution is -2.39. The van der Waals surface area contributed by atoms with Gasteiger partial charge >= 0.3 is 0 Å². The van der Waals surface area contributed by atoms with Crippen molar-refractivity contribution in [2.24, 2.45) is 10.4 Å². The van der Waals surface area contributed by atoms with Crippen LogP contribution in [0.25, 0.3) is 0 Å². The molecule has 0 aliphatic carbocycles. The van der Waals surface area contributed by atoms with Crippen molar-refractivity contribution in [3.05, 3.63) is 18.2 Å². The number of hydrogen-bond donors (Lipinski definition) is 0. The molecule has 1 saturated heterocycles. The van der Waals surface area contributed by atoms with E-state index in [9.17, 15) is 13.2 Å². The molecule has 9 heteroatoms. The fraction of sp³-hybridized carbons (Fsp3) is 0.556. The highest BCUT2D eigenvalue weighted by Crippen LogP contribution is 2.40. The van der Waals surface area contributed by atoms with Gasteiger partial charge in [0.2, 0.25) is 6.79 Å². The summed E-state index contributed by atoms with van der Waals surface area (Å²) in [5, 5.41) is 0.691. The maximum absolute atomic E-state index is 12.3. The Morgan fingerprint density at radius 3 is 2.74 bits per heavy atom. The topological polar surface area (TPSA) is 85.3 Å². The molecule has 1 fully saturated rings. The molecule has 0 spiro atoms. The molecule has 3 heterocycles. The minimum absolute atomic E-state index is 0.0516. The van der Waals surface area contributed by atoms with Crippen LogP contribution in [0, 0.1) is 5.41 Å². The van der Waals surface area contributed by atoms with Crippen molar-refractivity contribution in [3.63, 3.8) is 0 Å². The molecule has 0 N–H and O–H groups in total. The second-order valence-electron chi connectivity index (χ2n) is 7.99. The Hall–Kier alpha value is -1.74. The zero-order chi connectivity index (χ0) is 19.4. The number of ketones is 1. The first-order valence-electron chi connectivity index (χ1n) is 8.77. The van der Waals surface area contributed by atoms with Gasteiger partial charge in [-0.15, -0.1) is 0 Å². The predicted octanol–water partition coefficient (Wildman–Crippen LogP) is 2.11. The van der Waals surface area contributed by atoms with Gasteiger partial charge in [-0.1, -0.05) is 32.5 Å². The summed E-state index contributed by atoms with van der Waals surface area (Å²) in [6.07, 6.45) is 0. The number of thioether (sulfide) groups is 1. The maximum atomic E-state index is 12.3. The summed E-state index contributed by atoms with van der Waals surface area (Å²) in [5.41, 5.74) is 0.382. The predicted molar refractivity (Wildman–Crippen MR) is 106 cm³/mol. The molecule has 0 radical (unpaired) electrons. The lowest BCUT2D eigenvalue weighted by Gasteiger charge is -2.27. The van der Waals surface area contributed by atoms with E-state index in [1.54, 1.807) is 0 Å². The van der Waals surface area contributed by atoms with E-state index in [0.29, 0.717) is 22.4 Å². The molecule has 0 amide bonds. The average Bonchev–Trinajstić information content (AvgIpc) is 3.22. The van der Waals surface area contributed by atoms with Crippen LogP contribution < -0.4 is 14.4 Å². The number of rotatable bonds is 3. The van der Waals surface area contributed by atoms with Crippen molar-refractivity contribution in [2.75, 3.05) is 29.0 Å². The molecule has 3 aliphatic heterocycles. The number of ether oxygens (including phenoxy) is 2. The second-order valence-corrected chi connectivity index (χ2v) is 11.1. The number of hydrogen-bond acceptors (Lipinski definition) is 8. The molecule has 2 atom stereocenters. The summed E-state index contributed by atoms with van der Waals surface area (Å²) >= 11 is 1.37. The van der Waals surface area contributed by atoms with Crippen molar-refractivity contribution in [1.82, 2.24) is 0 Å². The van der Waals surface area contributed by atoms with Gasteiger partial charge in [0.15, 0.2) is 26.5 Å². The van der Waals surface area contributed by atoms with E-state index in [4.69, 9.17) is 9.47 Å². The third kappa shape index (κ3) is 3.54. The van der Waals surface area contributed by atoms with Gasteiger partial charge in [-0.2, -0.15) is 0 Å². The van der Waals surface area contributed by atoms with Crippen LogP contribution in [0.5, 0.6) is 11.5 Å². The minimum Gasteiger partial charge on any atom is -0.454 e. The Bertz CT molecular complexity index is 920. The molecule has 1 aromatic rings. The third-order valence-corrected chi connectivity index (χ3v) is 7.58. The van der Waals surface area contributed by atoms with Gasteiger partial charge in [-0.3, -0.25) is 9.79 Å². The molecule has 0 bridgehead atoms. The fourth-order valence-electron chi connectivity index (χ4n) is 3.32. The van der Waals surface area contributed by atoms with Crippen LogP contribution in [0.2, 0.25) is 0 Å². The normalized spacial score (nSPS) is 25.4. The van der Waals surface area contributed by atoms with E-state index < -0.39 is 15.3 Å². The van der Waals surface area contributed by atoms with Crippen LogP contribution in [-0.4, -0.2) is 55.5 Å². The molecule has 0 unspecified atom stereocenters. The molecule has 0 aromatic heterocycles. The molecule has 3 aliphatic rings. The Morgan fingerprint density at radius 1 is 1.26 bits per heavy atom. The van der Waals surface area contributed by atoms with Crippen LogP contribution in [0.15, 0.2) is 23.2 Å². The number of sulfone groups is 1. The monoisotopic (exact) mass is 410 g/mol. The number of benzene rings is 1. The van der Waals surface area contributed by atoms with Gasteiger partial charge in [0, 0.05) is 17.2 Å². The number of fused-ring (bicyclic) bond motifs is 2. The summed E-state index contributed by atoms with van der Waals surface area (Å²) in [4.78, 5) is 18.9. The van der Waals surface area contributed by atoms with Crippen molar-refractivity contribution >= 4 is 38.2 Å². The Labute approximate surface area is 163 Å². The summed E-state index contributed by atoms with van der Waals surface area (Å²) in [7, 11) is -3.12. The zero-order valence-electron chi connectivity index (χ0n) is 15.5. The lowest BCUT2D eigenvalue weighted by molar-refractivity contribution is -0.123. The largest absolute Gasteiger partial charge is 0.454 e. The maximum Gasteiger partial charge on any atom is 0.231 e. The van der Waals surface area contributed by atoms with Gasteiger partial charge < -0.3 is 14.4 Å². The first-order chi connectivity index (χ1) is 12.6. The van der Waals surface area contributed by atoms with Crippen molar-refractivity contribution < 1.29 is 22.7 Å². The number of carbonyl (C=O) groups excluding carboxylic acids is 1. The highest BCUT2D eigenvalue weighted by atomic mass is 32.2. The number of aliphatic imine (C=N–C) groups is 1. The summed E-state index contributed by atoms with van der Waals surface area (Å²) in [6, 6.07) is 4.99. The Kier molecular flexibility index (Phi) is 4.42. The van der Waals surface area contributed by atoms with Crippen LogP contribution in [0.1, 0.15) is 20.8 Å². The highest BCUT2D eigenvalue weighted by molar-refractivity contribution is 8.14. The molecule has 1 aromatic carbocycles. The summed E-state index contributed by atoms with van der Waals surface area (Å²) < 4.78 is 35.0. The summed E-state index contributed by atoms with van der Waals surface area (Å²) in [5.74, 6) is 1.85. The highest BCUT2D eigenvalue weighted by Gasteiger charge is 2.47. The van der Waals surface area contributed by atoms with Gasteiger partial charge in [-0.25, -0.2) is 8.42 Å². The molecular weight excluding hydrogens is 388 g/mol. The van der Waals surface area contributed by atoms with Gasteiger partial charge in [0.05, 0.1) is 29.3 Å². The van der Waals surface area contributed by atoms with E-state index in [1.807, 2.05) is 43.9 Å². The molecule has 27 heavy (non-hydrogen) atoms. The van der Waals surface area contributed by atoms with Crippen molar-refractivity contribution in [2.45, 2.75) is 32.9 Å². The molecular formula is C18H22N2O5S2. The van der Waals surface area contributed by atoms with Crippen molar-refractivity contribution in [1.29, 1.82) is 0 Å². The minimum atomic E-state index is -3.12. The molecule has 7 nitrogen and oxygen atoms in total. The molecule has 0 saturated carbocycles. The number of Topliss-reactive ketones (excluding diaryl/α,β-unsaturated/α-hetero) is 1. The number of carbonyl (C=O) groups is 1. The smallest absolute Gasteiger partial charge is 0.231 e. The van der Waals surface area contributed by atoms with Crippen molar-refractivity contribution in [3.8, 4) is 11.5 Å². The third-order valence-electron chi connectivity index (χ3n) is 4.91. The Balaban J connectivity index is 1.63.